The Bertz CT molecular complexity index is 1150. The number of carbonyl (C=O) groups is 5. The zero-order valence-corrected chi connectivity index (χ0v) is 18.9. The Kier molecular flexibility index (Phi) is 5.52. The van der Waals surface area contributed by atoms with Gasteiger partial charge in [0.25, 0.3) is 0 Å². The number of phenols is 1. The molecule has 0 bridgehead atoms. The van der Waals surface area contributed by atoms with E-state index in [1.165, 1.54) is 25.1 Å². The van der Waals surface area contributed by atoms with E-state index in [4.69, 9.17) is 11.5 Å². The number of nitrogens with two attached hydrogens (primary N) is 2. The number of benzene rings is 1. The minimum Gasteiger partial charge on any atom is -0.507 e. The SMILES string of the molecule is C[C@H]1c2c(CN)ccc(O)c2C(=O)C2C(=O)[C@]3(O)C(=O)C(C(N)=O)C(=O)[C@@H](N(C)C)[C@@H]3[C@@H](O)[C@@H]21. The number of aromatic hydroxyl groups is 1. The van der Waals surface area contributed by atoms with Crippen LogP contribution < -0.4 is 11.5 Å². The molecule has 4 rings (SSSR count). The van der Waals surface area contributed by atoms with Crippen LogP contribution in [0.5, 0.6) is 5.75 Å². The van der Waals surface area contributed by atoms with Crippen LogP contribution in [0.15, 0.2) is 12.1 Å². The molecule has 3 aliphatic carbocycles. The van der Waals surface area contributed by atoms with E-state index in [9.17, 15) is 39.3 Å². The number of likely N-dealkylation sites (N-methyl/N-ethyl adjacent to an activating group) is 1. The van der Waals surface area contributed by atoms with Crippen LogP contribution in [-0.2, 0) is 25.7 Å². The molecule has 182 valence electrons. The van der Waals surface area contributed by atoms with Crippen molar-refractivity contribution in [3.8, 4) is 5.75 Å². The molecule has 7 N–H and O–H groups in total. The molecular formula is C23H27N3O8. The zero-order chi connectivity index (χ0) is 25.4. The van der Waals surface area contributed by atoms with Gasteiger partial charge in [-0.3, -0.25) is 28.9 Å². The number of amides is 1. The second kappa shape index (κ2) is 7.77. The Morgan fingerprint density at radius 1 is 1.15 bits per heavy atom. The summed E-state index contributed by atoms with van der Waals surface area (Å²) in [4.78, 5) is 66.9. The van der Waals surface area contributed by atoms with Crippen molar-refractivity contribution >= 4 is 29.0 Å². The lowest BCUT2D eigenvalue weighted by molar-refractivity contribution is -0.196. The van der Waals surface area contributed by atoms with Crippen LogP contribution in [0, 0.1) is 23.7 Å². The first-order valence-electron chi connectivity index (χ1n) is 10.9. The predicted octanol–water partition coefficient (Wildman–Crippen LogP) is -2.14. The third kappa shape index (κ3) is 2.81. The van der Waals surface area contributed by atoms with Crippen molar-refractivity contribution in [2.24, 2.45) is 35.1 Å². The molecule has 2 unspecified atom stereocenters. The van der Waals surface area contributed by atoms with Crippen molar-refractivity contribution in [3.63, 3.8) is 0 Å². The highest BCUT2D eigenvalue weighted by Gasteiger charge is 2.72. The van der Waals surface area contributed by atoms with Crippen molar-refractivity contribution < 1.29 is 39.3 Å². The molecule has 8 atom stereocenters. The van der Waals surface area contributed by atoms with Gasteiger partial charge in [-0.05, 0) is 37.2 Å². The average molecular weight is 473 g/mol. The first-order valence-corrected chi connectivity index (χ1v) is 10.9. The van der Waals surface area contributed by atoms with Gasteiger partial charge in [0.15, 0.2) is 34.7 Å². The summed E-state index contributed by atoms with van der Waals surface area (Å²) in [7, 11) is 2.88. The zero-order valence-electron chi connectivity index (χ0n) is 18.9. The quantitative estimate of drug-likeness (QED) is 0.301. The molecule has 0 saturated heterocycles. The molecule has 34 heavy (non-hydrogen) atoms. The first-order chi connectivity index (χ1) is 15.8. The highest BCUT2D eigenvalue weighted by molar-refractivity contribution is 6.32. The lowest BCUT2D eigenvalue weighted by Crippen LogP contribution is -2.77. The van der Waals surface area contributed by atoms with Gasteiger partial charge in [-0.1, -0.05) is 13.0 Å². The van der Waals surface area contributed by atoms with Crippen LogP contribution >= 0.6 is 0 Å². The monoisotopic (exact) mass is 473 g/mol. The number of hydrogen-bond donors (Lipinski definition) is 5. The molecule has 2 fully saturated rings. The number of phenolic OH excluding ortho intramolecular Hbond substituents is 1. The fourth-order valence-electron chi connectivity index (χ4n) is 6.34. The molecule has 0 aromatic heterocycles. The highest BCUT2D eigenvalue weighted by Crippen LogP contribution is 2.54. The Morgan fingerprint density at radius 3 is 2.29 bits per heavy atom. The van der Waals surface area contributed by atoms with Gasteiger partial charge >= 0.3 is 0 Å². The molecule has 1 aromatic carbocycles. The molecule has 11 nitrogen and oxygen atoms in total. The van der Waals surface area contributed by atoms with Gasteiger partial charge in [-0.25, -0.2) is 0 Å². The number of hydrogen-bond acceptors (Lipinski definition) is 10. The van der Waals surface area contributed by atoms with E-state index >= 15 is 0 Å². The molecule has 1 aromatic rings. The van der Waals surface area contributed by atoms with E-state index in [-0.39, 0.29) is 12.1 Å². The largest absolute Gasteiger partial charge is 0.507 e. The number of primary amides is 1. The summed E-state index contributed by atoms with van der Waals surface area (Å²) in [6.07, 6.45) is -1.66. The number of aliphatic hydroxyl groups excluding tert-OH is 1. The molecule has 0 spiro atoms. The van der Waals surface area contributed by atoms with Crippen LogP contribution in [0.2, 0.25) is 0 Å². The topological polar surface area (TPSA) is 201 Å². The second-order valence-electron chi connectivity index (χ2n) is 9.60. The van der Waals surface area contributed by atoms with Crippen molar-refractivity contribution in [2.75, 3.05) is 14.1 Å². The van der Waals surface area contributed by atoms with Crippen molar-refractivity contribution in [3.05, 3.63) is 28.8 Å². The van der Waals surface area contributed by atoms with Crippen LogP contribution in [0.25, 0.3) is 0 Å². The average Bonchev–Trinajstić information content (AvgIpc) is 2.75. The Balaban J connectivity index is 1.98. The lowest BCUT2D eigenvalue weighted by atomic mass is 9.49. The van der Waals surface area contributed by atoms with E-state index < -0.39 is 82.1 Å². The molecule has 2 saturated carbocycles. The maximum atomic E-state index is 13.8. The van der Waals surface area contributed by atoms with Gasteiger partial charge in [0.2, 0.25) is 5.91 Å². The predicted molar refractivity (Wildman–Crippen MR) is 115 cm³/mol. The minimum atomic E-state index is -3.00. The highest BCUT2D eigenvalue weighted by atomic mass is 16.3. The summed E-state index contributed by atoms with van der Waals surface area (Å²) in [5.74, 6) is -13.4. The minimum absolute atomic E-state index is 0.0205. The molecule has 0 radical (unpaired) electrons. The maximum Gasteiger partial charge on any atom is 0.235 e. The van der Waals surface area contributed by atoms with Gasteiger partial charge in [0, 0.05) is 12.5 Å². The maximum absolute atomic E-state index is 13.8. The Hall–Kier alpha value is -2.99. The molecular weight excluding hydrogens is 446 g/mol. The van der Waals surface area contributed by atoms with Gasteiger partial charge in [-0.15, -0.1) is 0 Å². The molecule has 3 aliphatic rings. The summed E-state index contributed by atoms with van der Waals surface area (Å²) >= 11 is 0. The van der Waals surface area contributed by atoms with Crippen LogP contribution in [0.4, 0.5) is 0 Å². The number of Topliss-reactive ketones (excluding diaryl/α,β-unsaturated/α-hetero) is 4. The normalized spacial score (nSPS) is 37.3. The second-order valence-corrected chi connectivity index (χ2v) is 9.60. The van der Waals surface area contributed by atoms with Gasteiger partial charge in [0.05, 0.1) is 29.5 Å². The molecule has 0 aliphatic heterocycles. The van der Waals surface area contributed by atoms with Crippen LogP contribution in [-0.4, -0.2) is 81.1 Å². The summed E-state index contributed by atoms with van der Waals surface area (Å²) in [6.45, 7) is 1.67. The first kappa shape index (κ1) is 24.1. The van der Waals surface area contributed by atoms with Crippen molar-refractivity contribution in [2.45, 2.75) is 37.1 Å². The van der Waals surface area contributed by atoms with Gasteiger partial charge < -0.3 is 26.8 Å². The van der Waals surface area contributed by atoms with E-state index in [2.05, 4.69) is 0 Å². The Morgan fingerprint density at radius 2 is 1.76 bits per heavy atom. The summed E-state index contributed by atoms with van der Waals surface area (Å²) in [6, 6.07) is 1.41. The van der Waals surface area contributed by atoms with E-state index in [0.717, 1.165) is 0 Å². The third-order valence-electron chi connectivity index (χ3n) is 7.78. The van der Waals surface area contributed by atoms with E-state index in [0.29, 0.717) is 11.1 Å². The van der Waals surface area contributed by atoms with Crippen LogP contribution in [0.3, 0.4) is 0 Å². The van der Waals surface area contributed by atoms with Crippen LogP contribution in [0.1, 0.15) is 34.3 Å². The van der Waals surface area contributed by atoms with Crippen molar-refractivity contribution in [1.29, 1.82) is 0 Å². The number of ketones is 4. The van der Waals surface area contributed by atoms with E-state index in [1.807, 2.05) is 0 Å². The third-order valence-corrected chi connectivity index (χ3v) is 7.78. The van der Waals surface area contributed by atoms with E-state index in [1.54, 1.807) is 13.0 Å². The number of carbonyl (C=O) groups excluding carboxylic acids is 5. The van der Waals surface area contributed by atoms with Crippen molar-refractivity contribution in [1.82, 2.24) is 4.90 Å². The fourth-order valence-corrected chi connectivity index (χ4v) is 6.34. The molecule has 0 heterocycles. The summed E-state index contributed by atoms with van der Waals surface area (Å²) in [5.41, 5.74) is 8.84. The number of rotatable bonds is 3. The van der Waals surface area contributed by atoms with Gasteiger partial charge in [-0.2, -0.15) is 0 Å². The number of aliphatic hydroxyl groups is 2. The lowest BCUT2D eigenvalue weighted by Gasteiger charge is -2.56. The summed E-state index contributed by atoms with van der Waals surface area (Å²) < 4.78 is 0. The standard InChI is InChI=1S/C23H27N3O8/c1-7-10-8(6-24)4-5-9(27)12(10)17(28)13-11(7)18(29)15-16(26(2)3)19(30)14(22(25)33)21(32)23(15,34)20(13)31/h4-5,7,11,13-16,18,27,29,34H,6,24H2,1-3H3,(H2,25,33)/t7-,11+,13?,14?,15+,16-,18-,23-/m0/s1. The summed E-state index contributed by atoms with van der Waals surface area (Å²) in [5, 5.41) is 33.5. The number of fused-ring (bicyclic) bond motifs is 3. The molecule has 1 amide bonds. The molecule has 11 heteroatoms. The van der Waals surface area contributed by atoms with Gasteiger partial charge in [0.1, 0.15) is 5.75 Å². The smallest absolute Gasteiger partial charge is 0.235 e. The fraction of sp³-hybridized carbons (Fsp3) is 0.522. The Labute approximate surface area is 194 Å². The number of nitrogens with zero attached hydrogens (tertiary/aromatic N) is 1.